The zero-order valence-corrected chi connectivity index (χ0v) is 10.3. The number of benzene rings is 1. The van der Waals surface area contributed by atoms with Gasteiger partial charge in [-0.05, 0) is 37.1 Å². The van der Waals surface area contributed by atoms with Gasteiger partial charge in [0.2, 0.25) is 0 Å². The Morgan fingerprint density at radius 3 is 2.76 bits per heavy atom. The van der Waals surface area contributed by atoms with Crippen LogP contribution in [0.25, 0.3) is 0 Å². The average Bonchev–Trinajstić information content (AvgIpc) is 2.94. The number of nitrogens with zero attached hydrogens (tertiary/aromatic N) is 1. The van der Waals surface area contributed by atoms with Gasteiger partial charge in [0.1, 0.15) is 0 Å². The lowest BCUT2D eigenvalue weighted by atomic mass is 10.0. The fourth-order valence-corrected chi connectivity index (χ4v) is 2.83. The van der Waals surface area contributed by atoms with E-state index in [4.69, 9.17) is 0 Å². The maximum Gasteiger partial charge on any atom is 0.0370 e. The van der Waals surface area contributed by atoms with Crippen molar-refractivity contribution in [2.45, 2.75) is 18.9 Å². The van der Waals surface area contributed by atoms with Gasteiger partial charge in [0.25, 0.3) is 0 Å². The van der Waals surface area contributed by atoms with Crippen molar-refractivity contribution in [2.75, 3.05) is 37.6 Å². The molecule has 0 saturated carbocycles. The van der Waals surface area contributed by atoms with Crippen LogP contribution >= 0.6 is 0 Å². The molecule has 0 aromatic heterocycles. The Kier molecular flexibility index (Phi) is 3.29. The van der Waals surface area contributed by atoms with Gasteiger partial charge in [-0.3, -0.25) is 0 Å². The SMILES string of the molecule is c1cc([C@H]2CCCN2)cc(N2CCNCC2)c1. The van der Waals surface area contributed by atoms with Crippen molar-refractivity contribution < 1.29 is 0 Å². The minimum Gasteiger partial charge on any atom is -0.369 e. The first-order chi connectivity index (χ1) is 8.43. The molecule has 0 bridgehead atoms. The predicted octanol–water partition coefficient (Wildman–Crippen LogP) is 1.52. The summed E-state index contributed by atoms with van der Waals surface area (Å²) in [4.78, 5) is 2.48. The molecule has 92 valence electrons. The van der Waals surface area contributed by atoms with Crippen molar-refractivity contribution in [1.82, 2.24) is 10.6 Å². The van der Waals surface area contributed by atoms with Crippen LogP contribution in [0.2, 0.25) is 0 Å². The van der Waals surface area contributed by atoms with Crippen molar-refractivity contribution in [1.29, 1.82) is 0 Å². The molecule has 0 amide bonds. The highest BCUT2D eigenvalue weighted by molar-refractivity contribution is 5.49. The van der Waals surface area contributed by atoms with E-state index in [9.17, 15) is 0 Å². The number of nitrogens with one attached hydrogen (secondary N) is 2. The molecule has 1 aromatic rings. The number of rotatable bonds is 2. The van der Waals surface area contributed by atoms with E-state index >= 15 is 0 Å². The van der Waals surface area contributed by atoms with Gasteiger partial charge >= 0.3 is 0 Å². The van der Waals surface area contributed by atoms with E-state index < -0.39 is 0 Å². The van der Waals surface area contributed by atoms with Gasteiger partial charge in [-0.1, -0.05) is 12.1 Å². The van der Waals surface area contributed by atoms with Crippen LogP contribution in [0.4, 0.5) is 5.69 Å². The molecule has 2 fully saturated rings. The van der Waals surface area contributed by atoms with E-state index in [1.165, 1.54) is 30.6 Å². The van der Waals surface area contributed by atoms with Crippen molar-refractivity contribution in [3.8, 4) is 0 Å². The standard InChI is InChI=1S/C14H21N3/c1-3-12(14-5-2-6-16-14)11-13(4-1)17-9-7-15-8-10-17/h1,3-4,11,14-16H,2,5-10H2/t14-/m1/s1. The van der Waals surface area contributed by atoms with Crippen LogP contribution in [-0.2, 0) is 0 Å². The predicted molar refractivity (Wildman–Crippen MR) is 71.5 cm³/mol. The van der Waals surface area contributed by atoms with Gasteiger partial charge in [-0.2, -0.15) is 0 Å². The third-order valence-corrected chi connectivity index (χ3v) is 3.82. The molecule has 0 aliphatic carbocycles. The Balaban J connectivity index is 1.77. The summed E-state index contributed by atoms with van der Waals surface area (Å²) in [5.41, 5.74) is 2.84. The fourth-order valence-electron chi connectivity index (χ4n) is 2.83. The van der Waals surface area contributed by atoms with Gasteiger partial charge in [-0.25, -0.2) is 0 Å². The van der Waals surface area contributed by atoms with Gasteiger partial charge in [0, 0.05) is 37.9 Å². The largest absolute Gasteiger partial charge is 0.369 e. The van der Waals surface area contributed by atoms with Gasteiger partial charge in [-0.15, -0.1) is 0 Å². The minimum absolute atomic E-state index is 0.581. The summed E-state index contributed by atoms with van der Waals surface area (Å²) in [5.74, 6) is 0. The topological polar surface area (TPSA) is 27.3 Å². The summed E-state index contributed by atoms with van der Waals surface area (Å²) in [5, 5.41) is 6.97. The van der Waals surface area contributed by atoms with E-state index in [0.717, 1.165) is 26.2 Å². The first kappa shape index (κ1) is 11.1. The first-order valence-electron chi connectivity index (χ1n) is 6.72. The fraction of sp³-hybridized carbons (Fsp3) is 0.571. The van der Waals surface area contributed by atoms with Gasteiger partial charge in [0.05, 0.1) is 0 Å². The van der Waals surface area contributed by atoms with E-state index in [2.05, 4.69) is 39.8 Å². The van der Waals surface area contributed by atoms with Gasteiger partial charge < -0.3 is 15.5 Å². The normalized spacial score (nSPS) is 25.2. The molecule has 1 atom stereocenters. The molecule has 2 saturated heterocycles. The molecule has 2 N–H and O–H groups in total. The van der Waals surface area contributed by atoms with Crippen LogP contribution in [0.15, 0.2) is 24.3 Å². The van der Waals surface area contributed by atoms with Crippen LogP contribution in [0.1, 0.15) is 24.4 Å². The highest BCUT2D eigenvalue weighted by Crippen LogP contribution is 2.26. The zero-order chi connectivity index (χ0) is 11.5. The van der Waals surface area contributed by atoms with E-state index in [1.807, 2.05) is 0 Å². The van der Waals surface area contributed by atoms with E-state index in [-0.39, 0.29) is 0 Å². The third kappa shape index (κ3) is 2.45. The van der Waals surface area contributed by atoms with Crippen LogP contribution in [-0.4, -0.2) is 32.7 Å². The lowest BCUT2D eigenvalue weighted by molar-refractivity contribution is 0.588. The van der Waals surface area contributed by atoms with Crippen molar-refractivity contribution in [2.24, 2.45) is 0 Å². The Hall–Kier alpha value is -1.06. The molecule has 3 nitrogen and oxygen atoms in total. The molecular formula is C14H21N3. The summed E-state index contributed by atoms with van der Waals surface area (Å²) in [6.45, 7) is 5.63. The minimum atomic E-state index is 0.581. The molecule has 2 heterocycles. The summed E-state index contributed by atoms with van der Waals surface area (Å²) >= 11 is 0. The van der Waals surface area contributed by atoms with E-state index in [0.29, 0.717) is 6.04 Å². The molecule has 3 rings (SSSR count). The molecule has 2 aliphatic rings. The van der Waals surface area contributed by atoms with Gasteiger partial charge in [0.15, 0.2) is 0 Å². The smallest absolute Gasteiger partial charge is 0.0370 e. The number of hydrogen-bond acceptors (Lipinski definition) is 3. The lowest BCUT2D eigenvalue weighted by Gasteiger charge is -2.30. The molecular weight excluding hydrogens is 210 g/mol. The van der Waals surface area contributed by atoms with Crippen LogP contribution < -0.4 is 15.5 Å². The summed E-state index contributed by atoms with van der Waals surface area (Å²) in [7, 11) is 0. The van der Waals surface area contributed by atoms with Crippen molar-refractivity contribution in [3.63, 3.8) is 0 Å². The quantitative estimate of drug-likeness (QED) is 0.808. The Morgan fingerprint density at radius 1 is 1.12 bits per heavy atom. The summed E-state index contributed by atoms with van der Waals surface area (Å²) in [6, 6.07) is 9.65. The highest BCUT2D eigenvalue weighted by atomic mass is 15.2. The molecule has 17 heavy (non-hydrogen) atoms. The second-order valence-corrected chi connectivity index (χ2v) is 4.98. The van der Waals surface area contributed by atoms with Crippen LogP contribution in [0, 0.1) is 0 Å². The molecule has 0 spiro atoms. The van der Waals surface area contributed by atoms with E-state index in [1.54, 1.807) is 0 Å². The summed E-state index contributed by atoms with van der Waals surface area (Å²) in [6.07, 6.45) is 2.59. The zero-order valence-electron chi connectivity index (χ0n) is 10.3. The summed E-state index contributed by atoms with van der Waals surface area (Å²) < 4.78 is 0. The highest BCUT2D eigenvalue weighted by Gasteiger charge is 2.17. The average molecular weight is 231 g/mol. The Morgan fingerprint density at radius 2 is 2.00 bits per heavy atom. The van der Waals surface area contributed by atoms with Crippen LogP contribution in [0.5, 0.6) is 0 Å². The second kappa shape index (κ2) is 5.07. The maximum atomic E-state index is 3.57. The maximum absolute atomic E-state index is 3.57. The molecule has 1 aromatic carbocycles. The number of piperazine rings is 1. The van der Waals surface area contributed by atoms with Crippen molar-refractivity contribution >= 4 is 5.69 Å². The lowest BCUT2D eigenvalue weighted by Crippen LogP contribution is -2.43. The molecule has 2 aliphatic heterocycles. The molecule has 0 radical (unpaired) electrons. The number of anilines is 1. The first-order valence-corrected chi connectivity index (χ1v) is 6.72. The number of hydrogen-bond donors (Lipinski definition) is 2. The third-order valence-electron chi connectivity index (χ3n) is 3.82. The Labute approximate surface area is 103 Å². The molecule has 3 heteroatoms. The van der Waals surface area contributed by atoms with Crippen molar-refractivity contribution in [3.05, 3.63) is 29.8 Å². The van der Waals surface area contributed by atoms with Crippen LogP contribution in [0.3, 0.4) is 0 Å². The molecule has 0 unspecified atom stereocenters. The monoisotopic (exact) mass is 231 g/mol. The Bertz CT molecular complexity index is 365. The second-order valence-electron chi connectivity index (χ2n) is 4.98.